The summed E-state index contributed by atoms with van der Waals surface area (Å²) in [5.74, 6) is -0.535. The van der Waals surface area contributed by atoms with Gasteiger partial charge in [0.1, 0.15) is 6.42 Å². The molecule has 0 aromatic rings. The van der Waals surface area contributed by atoms with Crippen LogP contribution >= 0.6 is 0 Å². The second-order valence-electron chi connectivity index (χ2n) is 5.82. The zero-order chi connectivity index (χ0) is 13.8. The number of hydrogen-bond donors (Lipinski definition) is 1. The number of aliphatic carboxylic acids is 1. The van der Waals surface area contributed by atoms with Crippen LogP contribution < -0.4 is 0 Å². The Bertz CT molecular complexity index is 338. The first kappa shape index (κ1) is 14.3. The highest BCUT2D eigenvalue weighted by Gasteiger charge is 2.30. The maximum absolute atomic E-state index is 11.7. The second-order valence-corrected chi connectivity index (χ2v) is 5.82. The van der Waals surface area contributed by atoms with Crippen molar-refractivity contribution >= 4 is 11.9 Å². The Balaban J connectivity index is 1.81. The van der Waals surface area contributed by atoms with Gasteiger partial charge in [0.15, 0.2) is 0 Å². The van der Waals surface area contributed by atoms with Crippen LogP contribution in [0.5, 0.6) is 0 Å². The van der Waals surface area contributed by atoms with Gasteiger partial charge in [0, 0.05) is 32.2 Å². The average Bonchev–Trinajstić information content (AvgIpc) is 2.39. The molecule has 1 aliphatic carbocycles. The Kier molecular flexibility index (Phi) is 4.80. The molecule has 1 N–H and O–H groups in total. The van der Waals surface area contributed by atoms with Gasteiger partial charge >= 0.3 is 5.97 Å². The van der Waals surface area contributed by atoms with Gasteiger partial charge in [0.25, 0.3) is 0 Å². The van der Waals surface area contributed by atoms with E-state index in [0.29, 0.717) is 19.1 Å². The minimum atomic E-state index is -1.03. The van der Waals surface area contributed by atoms with Gasteiger partial charge in [-0.2, -0.15) is 0 Å². The molecule has 1 heterocycles. The summed E-state index contributed by atoms with van der Waals surface area (Å²) in [7, 11) is 0. The Hall–Kier alpha value is -1.10. The van der Waals surface area contributed by atoms with Crippen molar-refractivity contribution in [3.05, 3.63) is 0 Å². The van der Waals surface area contributed by atoms with E-state index in [1.807, 2.05) is 0 Å². The third-order valence-electron chi connectivity index (χ3n) is 4.50. The lowest BCUT2D eigenvalue weighted by Crippen LogP contribution is -2.54. The molecule has 2 aliphatic rings. The number of amides is 1. The average molecular weight is 268 g/mol. The lowest BCUT2D eigenvalue weighted by Gasteiger charge is -2.43. The predicted octanol–water partition coefficient (Wildman–Crippen LogP) is 1.18. The number of rotatable bonds is 3. The van der Waals surface area contributed by atoms with E-state index in [2.05, 4.69) is 11.8 Å². The number of carbonyl (C=O) groups excluding carboxylic acids is 1. The van der Waals surface area contributed by atoms with E-state index in [1.165, 1.54) is 25.7 Å². The molecule has 2 fully saturated rings. The first-order chi connectivity index (χ1) is 9.08. The van der Waals surface area contributed by atoms with Gasteiger partial charge in [-0.25, -0.2) is 0 Å². The molecule has 0 bridgehead atoms. The quantitative estimate of drug-likeness (QED) is 0.781. The van der Waals surface area contributed by atoms with E-state index in [0.717, 1.165) is 19.0 Å². The standard InChI is InChI=1S/C14H24N2O3/c1-11-4-2-3-5-12(11)15-6-8-16(9-7-15)13(17)10-14(18)19/h11-12H,2-10H2,1H3,(H,18,19)/t11-,12-/m0/s1. The van der Waals surface area contributed by atoms with Crippen LogP contribution in [0, 0.1) is 5.92 Å². The topological polar surface area (TPSA) is 60.9 Å². The molecule has 0 aromatic carbocycles. The first-order valence-corrected chi connectivity index (χ1v) is 7.31. The largest absolute Gasteiger partial charge is 0.481 e. The molecule has 5 heteroatoms. The van der Waals surface area contributed by atoms with Crippen molar-refractivity contribution in [3.63, 3.8) is 0 Å². The summed E-state index contributed by atoms with van der Waals surface area (Å²) >= 11 is 0. The van der Waals surface area contributed by atoms with Crippen LogP contribution in [-0.2, 0) is 9.59 Å². The predicted molar refractivity (Wildman–Crippen MR) is 71.8 cm³/mol. The third kappa shape index (κ3) is 3.69. The van der Waals surface area contributed by atoms with Crippen LogP contribution in [0.4, 0.5) is 0 Å². The third-order valence-corrected chi connectivity index (χ3v) is 4.50. The van der Waals surface area contributed by atoms with Crippen molar-refractivity contribution in [2.45, 2.75) is 45.1 Å². The minimum Gasteiger partial charge on any atom is -0.481 e. The van der Waals surface area contributed by atoms with Crippen molar-refractivity contribution in [1.82, 2.24) is 9.80 Å². The van der Waals surface area contributed by atoms with Crippen molar-refractivity contribution in [1.29, 1.82) is 0 Å². The Morgan fingerprint density at radius 1 is 1.11 bits per heavy atom. The van der Waals surface area contributed by atoms with Crippen molar-refractivity contribution in [2.75, 3.05) is 26.2 Å². The van der Waals surface area contributed by atoms with Crippen LogP contribution in [-0.4, -0.2) is 59.0 Å². The summed E-state index contributed by atoms with van der Waals surface area (Å²) < 4.78 is 0. The number of carbonyl (C=O) groups is 2. The molecular weight excluding hydrogens is 244 g/mol. The summed E-state index contributed by atoms with van der Waals surface area (Å²) in [5.41, 5.74) is 0. The highest BCUT2D eigenvalue weighted by atomic mass is 16.4. The zero-order valence-corrected chi connectivity index (χ0v) is 11.7. The fraction of sp³-hybridized carbons (Fsp3) is 0.857. The highest BCUT2D eigenvalue weighted by molar-refractivity contribution is 5.93. The molecule has 2 rings (SSSR count). The normalized spacial score (nSPS) is 29.2. The minimum absolute atomic E-state index is 0.246. The molecule has 5 nitrogen and oxygen atoms in total. The summed E-state index contributed by atoms with van der Waals surface area (Å²) in [5, 5.41) is 8.65. The zero-order valence-electron chi connectivity index (χ0n) is 11.7. The summed E-state index contributed by atoms with van der Waals surface area (Å²) in [6.45, 7) is 5.46. The summed E-state index contributed by atoms with van der Waals surface area (Å²) in [6.07, 6.45) is 4.86. The summed E-state index contributed by atoms with van der Waals surface area (Å²) in [6, 6.07) is 0.658. The number of carboxylic acids is 1. The molecule has 1 saturated carbocycles. The lowest BCUT2D eigenvalue weighted by molar-refractivity contribution is -0.145. The molecule has 1 saturated heterocycles. The lowest BCUT2D eigenvalue weighted by atomic mass is 9.84. The molecule has 2 atom stereocenters. The van der Waals surface area contributed by atoms with Gasteiger partial charge in [-0.15, -0.1) is 0 Å². The molecule has 0 unspecified atom stereocenters. The molecule has 108 valence electrons. The fourth-order valence-corrected chi connectivity index (χ4v) is 3.38. The van der Waals surface area contributed by atoms with Crippen molar-refractivity contribution < 1.29 is 14.7 Å². The number of nitrogens with zero attached hydrogens (tertiary/aromatic N) is 2. The molecule has 0 radical (unpaired) electrons. The van der Waals surface area contributed by atoms with E-state index in [9.17, 15) is 9.59 Å². The van der Waals surface area contributed by atoms with Crippen LogP contribution in [0.2, 0.25) is 0 Å². The Labute approximate surface area is 114 Å². The maximum atomic E-state index is 11.7. The molecule has 0 spiro atoms. The fourth-order valence-electron chi connectivity index (χ4n) is 3.38. The van der Waals surface area contributed by atoms with Crippen LogP contribution in [0.3, 0.4) is 0 Å². The number of hydrogen-bond acceptors (Lipinski definition) is 3. The maximum Gasteiger partial charge on any atom is 0.312 e. The molecule has 19 heavy (non-hydrogen) atoms. The molecule has 1 aliphatic heterocycles. The number of carboxylic acid groups (broad SMARTS) is 1. The monoisotopic (exact) mass is 268 g/mol. The second kappa shape index (κ2) is 6.37. The van der Waals surface area contributed by atoms with E-state index >= 15 is 0 Å². The molecule has 1 amide bonds. The van der Waals surface area contributed by atoms with Gasteiger partial charge in [0.05, 0.1) is 0 Å². The van der Waals surface area contributed by atoms with Crippen LogP contribution in [0.15, 0.2) is 0 Å². The van der Waals surface area contributed by atoms with Crippen LogP contribution in [0.25, 0.3) is 0 Å². The highest BCUT2D eigenvalue weighted by Crippen LogP contribution is 2.28. The van der Waals surface area contributed by atoms with Gasteiger partial charge in [0.2, 0.25) is 5.91 Å². The van der Waals surface area contributed by atoms with Gasteiger partial charge in [-0.05, 0) is 18.8 Å². The number of piperazine rings is 1. The van der Waals surface area contributed by atoms with Gasteiger partial charge in [-0.1, -0.05) is 19.8 Å². The van der Waals surface area contributed by atoms with E-state index < -0.39 is 5.97 Å². The smallest absolute Gasteiger partial charge is 0.312 e. The van der Waals surface area contributed by atoms with E-state index in [4.69, 9.17) is 5.11 Å². The van der Waals surface area contributed by atoms with Crippen LogP contribution in [0.1, 0.15) is 39.0 Å². The Morgan fingerprint density at radius 2 is 1.74 bits per heavy atom. The summed E-state index contributed by atoms with van der Waals surface area (Å²) in [4.78, 5) is 26.4. The van der Waals surface area contributed by atoms with Crippen molar-refractivity contribution in [2.24, 2.45) is 5.92 Å². The molecular formula is C14H24N2O3. The first-order valence-electron chi connectivity index (χ1n) is 7.31. The van der Waals surface area contributed by atoms with Crippen molar-refractivity contribution in [3.8, 4) is 0 Å². The molecule has 0 aromatic heterocycles. The SMILES string of the molecule is C[C@H]1CCCC[C@@H]1N1CCN(C(=O)CC(=O)O)CC1. The Morgan fingerprint density at radius 3 is 2.32 bits per heavy atom. The van der Waals surface area contributed by atoms with Gasteiger partial charge in [-0.3, -0.25) is 14.5 Å². The van der Waals surface area contributed by atoms with E-state index in [1.54, 1.807) is 4.90 Å². The van der Waals surface area contributed by atoms with Gasteiger partial charge < -0.3 is 10.0 Å². The van der Waals surface area contributed by atoms with E-state index in [-0.39, 0.29) is 12.3 Å².